The average molecular weight is 401 g/mol. The van der Waals surface area contributed by atoms with Gasteiger partial charge in [-0.25, -0.2) is 9.97 Å². The van der Waals surface area contributed by atoms with Crippen LogP contribution in [0.1, 0.15) is 18.2 Å². The summed E-state index contributed by atoms with van der Waals surface area (Å²) in [5, 5.41) is 17.3. The molecule has 5 nitrogen and oxygen atoms in total. The van der Waals surface area contributed by atoms with Gasteiger partial charge in [0.2, 0.25) is 0 Å². The zero-order chi connectivity index (χ0) is 19.6. The van der Waals surface area contributed by atoms with E-state index >= 15 is 0 Å². The summed E-state index contributed by atoms with van der Waals surface area (Å²) >= 11 is 12.1. The van der Waals surface area contributed by atoms with Crippen LogP contribution in [-0.2, 0) is 0 Å². The minimum Gasteiger partial charge on any atom is -0.507 e. The molecule has 0 spiro atoms. The first-order valence-corrected chi connectivity index (χ1v) is 8.99. The summed E-state index contributed by atoms with van der Waals surface area (Å²) in [5.74, 6) is 1.18. The number of benzene rings is 2. The predicted octanol–water partition coefficient (Wildman–Crippen LogP) is 5.32. The number of nitrogens with zero attached hydrogens (tertiary/aromatic N) is 4. The number of hydrazone groups is 1. The molecule has 3 rings (SSSR count). The zero-order valence-electron chi connectivity index (χ0n) is 15.1. The number of phenolic OH excluding ortho intramolecular Hbond substituents is 1. The molecule has 0 aliphatic carbocycles. The standard InChI is InChI=1S/C20H18Cl2N4O/c1-12-10-19(24-20(23-12)15-6-4-5-7-18(15)27)26(3)25-13(2)14-8-9-16(21)17(22)11-14/h4-11,27H,1-3H3. The lowest BCUT2D eigenvalue weighted by molar-refractivity contribution is 0.477. The summed E-state index contributed by atoms with van der Waals surface area (Å²) in [5.41, 5.74) is 2.97. The van der Waals surface area contributed by atoms with E-state index in [1.807, 2.05) is 32.0 Å². The Kier molecular flexibility index (Phi) is 5.63. The monoisotopic (exact) mass is 400 g/mol. The van der Waals surface area contributed by atoms with Crippen LogP contribution in [0.2, 0.25) is 10.0 Å². The Labute approximate surface area is 167 Å². The van der Waals surface area contributed by atoms with Gasteiger partial charge in [-0.15, -0.1) is 0 Å². The van der Waals surface area contributed by atoms with Crippen LogP contribution in [-0.4, -0.2) is 27.8 Å². The van der Waals surface area contributed by atoms with E-state index in [4.69, 9.17) is 23.2 Å². The van der Waals surface area contributed by atoms with Gasteiger partial charge in [-0.2, -0.15) is 5.10 Å². The van der Waals surface area contributed by atoms with Gasteiger partial charge in [0.15, 0.2) is 11.6 Å². The number of para-hydroxylation sites is 1. The summed E-state index contributed by atoms with van der Waals surface area (Å²) in [4.78, 5) is 8.97. The Morgan fingerprint density at radius 2 is 1.78 bits per heavy atom. The molecule has 0 amide bonds. The van der Waals surface area contributed by atoms with E-state index < -0.39 is 0 Å². The molecule has 1 heterocycles. The highest BCUT2D eigenvalue weighted by atomic mass is 35.5. The smallest absolute Gasteiger partial charge is 0.165 e. The largest absolute Gasteiger partial charge is 0.507 e. The van der Waals surface area contributed by atoms with E-state index in [0.29, 0.717) is 27.3 Å². The highest BCUT2D eigenvalue weighted by Gasteiger charge is 2.12. The van der Waals surface area contributed by atoms with Gasteiger partial charge < -0.3 is 5.11 Å². The van der Waals surface area contributed by atoms with Crippen molar-refractivity contribution >= 4 is 34.7 Å². The number of rotatable bonds is 4. The van der Waals surface area contributed by atoms with E-state index in [9.17, 15) is 5.11 Å². The third-order valence-electron chi connectivity index (χ3n) is 3.95. The van der Waals surface area contributed by atoms with Crippen LogP contribution in [0.5, 0.6) is 5.75 Å². The number of aromatic hydroxyl groups is 1. The van der Waals surface area contributed by atoms with Crippen molar-refractivity contribution in [2.75, 3.05) is 12.1 Å². The van der Waals surface area contributed by atoms with Gasteiger partial charge in [0.1, 0.15) is 5.75 Å². The molecule has 2 aromatic carbocycles. The minimum atomic E-state index is 0.132. The lowest BCUT2D eigenvalue weighted by Crippen LogP contribution is -2.15. The second-order valence-electron chi connectivity index (χ2n) is 6.05. The Hall–Kier alpha value is -2.63. The molecule has 0 aliphatic heterocycles. The second-order valence-corrected chi connectivity index (χ2v) is 6.86. The molecule has 0 atom stereocenters. The highest BCUT2D eigenvalue weighted by Crippen LogP contribution is 2.28. The van der Waals surface area contributed by atoms with E-state index in [2.05, 4.69) is 15.1 Å². The van der Waals surface area contributed by atoms with Gasteiger partial charge in [-0.1, -0.05) is 41.4 Å². The van der Waals surface area contributed by atoms with Crippen LogP contribution >= 0.6 is 23.2 Å². The fraction of sp³-hybridized carbons (Fsp3) is 0.150. The zero-order valence-corrected chi connectivity index (χ0v) is 16.6. The molecule has 0 aliphatic rings. The molecular formula is C20H18Cl2N4O. The van der Waals surface area contributed by atoms with E-state index in [-0.39, 0.29) is 5.75 Å². The van der Waals surface area contributed by atoms with Gasteiger partial charge >= 0.3 is 0 Å². The first-order chi connectivity index (χ1) is 12.8. The molecule has 7 heteroatoms. The molecule has 138 valence electrons. The van der Waals surface area contributed by atoms with Crippen molar-refractivity contribution in [3.8, 4) is 17.1 Å². The van der Waals surface area contributed by atoms with E-state index in [1.54, 1.807) is 42.4 Å². The fourth-order valence-corrected chi connectivity index (χ4v) is 2.85. The number of anilines is 1. The predicted molar refractivity (Wildman–Crippen MR) is 111 cm³/mol. The van der Waals surface area contributed by atoms with Crippen LogP contribution in [0, 0.1) is 6.92 Å². The third-order valence-corrected chi connectivity index (χ3v) is 4.69. The number of aryl methyl sites for hydroxylation is 1. The van der Waals surface area contributed by atoms with Crippen LogP contribution in [0.15, 0.2) is 53.6 Å². The maximum absolute atomic E-state index is 10.1. The molecule has 0 saturated heterocycles. The average Bonchev–Trinajstić information content (AvgIpc) is 2.63. The summed E-state index contributed by atoms with van der Waals surface area (Å²) in [6.07, 6.45) is 0. The molecule has 27 heavy (non-hydrogen) atoms. The summed E-state index contributed by atoms with van der Waals surface area (Å²) in [6, 6.07) is 14.2. The van der Waals surface area contributed by atoms with Crippen molar-refractivity contribution in [1.82, 2.24) is 9.97 Å². The van der Waals surface area contributed by atoms with Gasteiger partial charge in [-0.3, -0.25) is 5.01 Å². The van der Waals surface area contributed by atoms with Crippen molar-refractivity contribution in [3.63, 3.8) is 0 Å². The van der Waals surface area contributed by atoms with Crippen LogP contribution in [0.3, 0.4) is 0 Å². The summed E-state index contributed by atoms with van der Waals surface area (Å²) in [6.45, 7) is 3.76. The van der Waals surface area contributed by atoms with Gasteiger partial charge in [0.25, 0.3) is 0 Å². The first-order valence-electron chi connectivity index (χ1n) is 8.23. The number of aromatic nitrogens is 2. The number of hydrogen-bond donors (Lipinski definition) is 1. The van der Waals surface area contributed by atoms with Gasteiger partial charge in [-0.05, 0) is 43.7 Å². The van der Waals surface area contributed by atoms with Gasteiger partial charge in [0.05, 0.1) is 21.3 Å². The van der Waals surface area contributed by atoms with Crippen molar-refractivity contribution < 1.29 is 5.11 Å². The lowest BCUT2D eigenvalue weighted by atomic mass is 10.1. The Balaban J connectivity index is 1.96. The highest BCUT2D eigenvalue weighted by molar-refractivity contribution is 6.42. The SMILES string of the molecule is CC(=NN(C)c1cc(C)nc(-c2ccccc2O)n1)c1ccc(Cl)c(Cl)c1. The topological polar surface area (TPSA) is 61.6 Å². The molecule has 0 bridgehead atoms. The van der Waals surface area contributed by atoms with Crippen molar-refractivity contribution in [1.29, 1.82) is 0 Å². The quantitative estimate of drug-likeness (QED) is 0.475. The van der Waals surface area contributed by atoms with Crippen LogP contribution in [0.25, 0.3) is 11.4 Å². The Bertz CT molecular complexity index is 1020. The number of phenols is 1. The number of hydrogen-bond acceptors (Lipinski definition) is 5. The molecule has 1 N–H and O–H groups in total. The summed E-state index contributed by atoms with van der Waals surface area (Å²) < 4.78 is 0. The minimum absolute atomic E-state index is 0.132. The molecule has 0 saturated carbocycles. The van der Waals surface area contributed by atoms with Crippen LogP contribution in [0.4, 0.5) is 5.82 Å². The third kappa shape index (κ3) is 4.38. The summed E-state index contributed by atoms with van der Waals surface area (Å²) in [7, 11) is 1.80. The maximum Gasteiger partial charge on any atom is 0.165 e. The molecular weight excluding hydrogens is 383 g/mol. The molecule has 0 radical (unpaired) electrons. The number of halogens is 2. The van der Waals surface area contributed by atoms with Crippen molar-refractivity contribution in [3.05, 3.63) is 69.8 Å². The Morgan fingerprint density at radius 3 is 2.48 bits per heavy atom. The Morgan fingerprint density at radius 1 is 1.04 bits per heavy atom. The van der Waals surface area contributed by atoms with E-state index in [1.165, 1.54) is 0 Å². The maximum atomic E-state index is 10.1. The van der Waals surface area contributed by atoms with Crippen molar-refractivity contribution in [2.24, 2.45) is 5.10 Å². The first kappa shape index (κ1) is 19.1. The normalized spacial score (nSPS) is 11.5. The van der Waals surface area contributed by atoms with Crippen molar-refractivity contribution in [2.45, 2.75) is 13.8 Å². The lowest BCUT2D eigenvalue weighted by Gasteiger charge is -2.16. The fourth-order valence-electron chi connectivity index (χ4n) is 2.56. The second kappa shape index (κ2) is 7.94. The molecule has 3 aromatic rings. The molecule has 0 unspecified atom stereocenters. The molecule has 0 fully saturated rings. The van der Waals surface area contributed by atoms with Gasteiger partial charge in [0, 0.05) is 18.8 Å². The van der Waals surface area contributed by atoms with Crippen LogP contribution < -0.4 is 5.01 Å². The van der Waals surface area contributed by atoms with E-state index in [0.717, 1.165) is 17.0 Å². The molecule has 1 aromatic heterocycles.